The van der Waals surface area contributed by atoms with E-state index >= 15 is 0 Å². The van der Waals surface area contributed by atoms with E-state index in [0.29, 0.717) is 0 Å². The number of carbonyl (C=O) groups is 4. The Kier molecular flexibility index (Phi) is 8.18. The van der Waals surface area contributed by atoms with Gasteiger partial charge in [0.05, 0.1) is 13.2 Å². The molecule has 10 heteroatoms. The van der Waals surface area contributed by atoms with Gasteiger partial charge < -0.3 is 18.9 Å². The number of hydrogen-bond donors (Lipinski definition) is 0. The van der Waals surface area contributed by atoms with Crippen LogP contribution in [0.25, 0.3) is 0 Å². The first-order valence-corrected chi connectivity index (χ1v) is 8.76. The van der Waals surface area contributed by atoms with Gasteiger partial charge in [-0.3, -0.25) is 0 Å². The molecule has 0 aliphatic carbocycles. The molecule has 158 valence electrons. The lowest BCUT2D eigenvalue weighted by Crippen LogP contribution is -2.17. The lowest BCUT2D eigenvalue weighted by Gasteiger charge is -2.10. The predicted molar refractivity (Wildman–Crippen MR) is 99.0 cm³/mol. The van der Waals surface area contributed by atoms with Crippen LogP contribution in [0.15, 0.2) is 48.5 Å². The summed E-state index contributed by atoms with van der Waals surface area (Å²) in [5, 5.41) is 0. The molecule has 0 aliphatic heterocycles. The van der Waals surface area contributed by atoms with Crippen LogP contribution in [-0.2, 0) is 19.2 Å². The smallest absolute Gasteiger partial charge is 0.434 e. The summed E-state index contributed by atoms with van der Waals surface area (Å²) in [5.74, 6) is -2.51. The lowest BCUT2D eigenvalue weighted by molar-refractivity contribution is -0.187. The van der Waals surface area contributed by atoms with E-state index in [1.54, 1.807) is 13.8 Å². The number of para-hydroxylation sites is 2. The van der Waals surface area contributed by atoms with Crippen molar-refractivity contribution in [1.29, 1.82) is 0 Å². The molecule has 2 aromatic carbocycles. The third kappa shape index (κ3) is 6.23. The minimum absolute atomic E-state index is 0.0797. The van der Waals surface area contributed by atoms with E-state index in [4.69, 9.17) is 9.47 Å². The summed E-state index contributed by atoms with van der Waals surface area (Å²) in [6.45, 7) is 3.33. The molecule has 0 fully saturated rings. The third-order valence-corrected chi connectivity index (χ3v) is 3.32. The SMILES string of the molecule is CCOC(=O)Oc1ccccc1C(=O)OOC(=O)c1ccccc1OC(=O)OCC. The summed E-state index contributed by atoms with van der Waals surface area (Å²) >= 11 is 0. The fraction of sp³-hybridized carbons (Fsp3) is 0.200. The summed E-state index contributed by atoms with van der Waals surface area (Å²) in [6.07, 6.45) is -2.03. The number of benzene rings is 2. The van der Waals surface area contributed by atoms with E-state index in [-0.39, 0.29) is 35.8 Å². The zero-order valence-electron chi connectivity index (χ0n) is 16.1. The summed E-state index contributed by atoms with van der Waals surface area (Å²) in [6, 6.07) is 11.2. The summed E-state index contributed by atoms with van der Waals surface area (Å²) in [5.41, 5.74) is -0.371. The van der Waals surface area contributed by atoms with Crippen LogP contribution in [-0.4, -0.2) is 37.5 Å². The zero-order chi connectivity index (χ0) is 21.9. The zero-order valence-corrected chi connectivity index (χ0v) is 16.1. The monoisotopic (exact) mass is 418 g/mol. The van der Waals surface area contributed by atoms with Crippen molar-refractivity contribution in [1.82, 2.24) is 0 Å². The first-order valence-electron chi connectivity index (χ1n) is 8.76. The van der Waals surface area contributed by atoms with Gasteiger partial charge in [0.25, 0.3) is 0 Å². The fourth-order valence-electron chi connectivity index (χ4n) is 2.09. The van der Waals surface area contributed by atoms with Crippen molar-refractivity contribution >= 4 is 24.2 Å². The van der Waals surface area contributed by atoms with Crippen molar-refractivity contribution in [3.8, 4) is 11.5 Å². The van der Waals surface area contributed by atoms with Crippen molar-refractivity contribution in [3.63, 3.8) is 0 Å². The van der Waals surface area contributed by atoms with Gasteiger partial charge in [-0.2, -0.15) is 0 Å². The molecule has 30 heavy (non-hydrogen) atoms. The second-order valence-electron chi connectivity index (χ2n) is 5.30. The van der Waals surface area contributed by atoms with Gasteiger partial charge in [-0.1, -0.05) is 24.3 Å². The number of ether oxygens (including phenoxy) is 4. The van der Waals surface area contributed by atoms with Crippen LogP contribution in [0, 0.1) is 0 Å². The van der Waals surface area contributed by atoms with Gasteiger partial charge in [0.1, 0.15) is 22.6 Å². The number of carbonyl (C=O) groups excluding carboxylic acids is 4. The third-order valence-electron chi connectivity index (χ3n) is 3.32. The van der Waals surface area contributed by atoms with Crippen molar-refractivity contribution in [2.45, 2.75) is 13.8 Å². The highest BCUT2D eigenvalue weighted by Crippen LogP contribution is 2.22. The Bertz CT molecular complexity index is 846. The van der Waals surface area contributed by atoms with Gasteiger partial charge in [-0.05, 0) is 38.1 Å². The molecule has 10 nitrogen and oxygen atoms in total. The van der Waals surface area contributed by atoms with Crippen molar-refractivity contribution in [2.75, 3.05) is 13.2 Å². The molecule has 0 amide bonds. The highest BCUT2D eigenvalue weighted by molar-refractivity contribution is 5.96. The molecule has 0 bridgehead atoms. The minimum atomic E-state index is -1.10. The van der Waals surface area contributed by atoms with Crippen LogP contribution in [0.1, 0.15) is 34.6 Å². The van der Waals surface area contributed by atoms with E-state index in [9.17, 15) is 19.2 Å². The normalized spacial score (nSPS) is 9.80. The minimum Gasteiger partial charge on any atom is -0.434 e. The van der Waals surface area contributed by atoms with Crippen LogP contribution in [0.3, 0.4) is 0 Å². The molecule has 0 aliphatic rings. The second kappa shape index (κ2) is 11.1. The Morgan fingerprint density at radius 2 is 1.00 bits per heavy atom. The molecule has 0 spiro atoms. The van der Waals surface area contributed by atoms with Crippen LogP contribution >= 0.6 is 0 Å². The molecule has 0 N–H and O–H groups in total. The highest BCUT2D eigenvalue weighted by atomic mass is 17.2. The molecule has 2 aromatic rings. The van der Waals surface area contributed by atoms with Crippen molar-refractivity contribution in [3.05, 3.63) is 59.7 Å². The maximum atomic E-state index is 12.3. The first-order chi connectivity index (χ1) is 14.5. The Morgan fingerprint density at radius 1 is 0.633 bits per heavy atom. The van der Waals surface area contributed by atoms with Gasteiger partial charge in [0.15, 0.2) is 0 Å². The molecule has 0 aromatic heterocycles. The lowest BCUT2D eigenvalue weighted by atomic mass is 10.2. The summed E-state index contributed by atoms with van der Waals surface area (Å²) < 4.78 is 19.1. The van der Waals surface area contributed by atoms with Gasteiger partial charge >= 0.3 is 24.2 Å². The van der Waals surface area contributed by atoms with Crippen LogP contribution in [0.4, 0.5) is 9.59 Å². The Balaban J connectivity index is 2.06. The fourth-order valence-corrected chi connectivity index (χ4v) is 2.09. The molecule has 0 radical (unpaired) electrons. The standard InChI is InChI=1S/C20H18O10/c1-3-25-19(23)27-15-11-7-5-9-13(15)17(21)29-30-18(22)14-10-6-8-12-16(14)28-20(24)26-4-2/h5-12H,3-4H2,1-2H3. The molecular formula is C20H18O10. The van der Waals surface area contributed by atoms with Crippen LogP contribution in [0.5, 0.6) is 11.5 Å². The Hall–Kier alpha value is -4.08. The van der Waals surface area contributed by atoms with E-state index in [1.165, 1.54) is 48.5 Å². The predicted octanol–water partition coefficient (Wildman–Crippen LogP) is 3.69. The van der Waals surface area contributed by atoms with Crippen LogP contribution < -0.4 is 9.47 Å². The second-order valence-corrected chi connectivity index (χ2v) is 5.30. The quantitative estimate of drug-likeness (QED) is 0.297. The number of hydrogen-bond acceptors (Lipinski definition) is 10. The van der Waals surface area contributed by atoms with Gasteiger partial charge in [0.2, 0.25) is 0 Å². The molecule has 0 unspecified atom stereocenters. The Morgan fingerprint density at radius 3 is 1.37 bits per heavy atom. The van der Waals surface area contributed by atoms with E-state index in [1.807, 2.05) is 0 Å². The van der Waals surface area contributed by atoms with E-state index in [0.717, 1.165) is 0 Å². The molecule has 0 saturated carbocycles. The topological polar surface area (TPSA) is 124 Å². The van der Waals surface area contributed by atoms with Crippen molar-refractivity contribution in [2.24, 2.45) is 0 Å². The first kappa shape index (κ1) is 22.2. The number of rotatable bonds is 6. The van der Waals surface area contributed by atoms with Crippen LogP contribution in [0.2, 0.25) is 0 Å². The Labute approximate surface area is 171 Å². The van der Waals surface area contributed by atoms with E-state index < -0.39 is 24.2 Å². The maximum absolute atomic E-state index is 12.3. The molecule has 2 rings (SSSR count). The van der Waals surface area contributed by atoms with Crippen molar-refractivity contribution < 1.29 is 47.9 Å². The molecular weight excluding hydrogens is 400 g/mol. The molecule has 0 heterocycles. The van der Waals surface area contributed by atoms with Gasteiger partial charge in [-0.25, -0.2) is 29.0 Å². The summed E-state index contributed by atoms with van der Waals surface area (Å²) in [4.78, 5) is 56.5. The van der Waals surface area contributed by atoms with Gasteiger partial charge in [-0.15, -0.1) is 0 Å². The molecule has 0 atom stereocenters. The average Bonchev–Trinajstić information content (AvgIpc) is 2.73. The van der Waals surface area contributed by atoms with E-state index in [2.05, 4.69) is 19.2 Å². The average molecular weight is 418 g/mol. The molecule has 0 saturated heterocycles. The highest BCUT2D eigenvalue weighted by Gasteiger charge is 2.22. The van der Waals surface area contributed by atoms with Gasteiger partial charge in [0, 0.05) is 0 Å². The maximum Gasteiger partial charge on any atom is 0.513 e. The summed E-state index contributed by atoms with van der Waals surface area (Å²) in [7, 11) is 0. The largest absolute Gasteiger partial charge is 0.513 e.